The van der Waals surface area contributed by atoms with Crippen LogP contribution in [0.3, 0.4) is 0 Å². The number of rotatable bonds is 7. The summed E-state index contributed by atoms with van der Waals surface area (Å²) in [7, 11) is -3.04. The SMILES string of the molecule is CCc1ccc(CN2CC[C@@H](CNS(=O)(=O)C3CC3)C2)nc1. The number of hydrogen-bond acceptors (Lipinski definition) is 4. The van der Waals surface area contributed by atoms with Crippen LogP contribution in [0, 0.1) is 5.92 Å². The zero-order chi connectivity index (χ0) is 15.6. The highest BCUT2D eigenvalue weighted by Crippen LogP contribution is 2.27. The van der Waals surface area contributed by atoms with E-state index in [2.05, 4.69) is 33.7 Å². The van der Waals surface area contributed by atoms with E-state index in [0.29, 0.717) is 12.5 Å². The zero-order valence-electron chi connectivity index (χ0n) is 13.2. The van der Waals surface area contributed by atoms with Gasteiger partial charge in [0, 0.05) is 25.8 Å². The lowest BCUT2D eigenvalue weighted by molar-refractivity contribution is 0.313. The van der Waals surface area contributed by atoms with Gasteiger partial charge < -0.3 is 0 Å². The zero-order valence-corrected chi connectivity index (χ0v) is 14.0. The molecule has 0 aromatic carbocycles. The highest BCUT2D eigenvalue weighted by Gasteiger charge is 2.36. The minimum atomic E-state index is -3.04. The van der Waals surface area contributed by atoms with Gasteiger partial charge in [-0.25, -0.2) is 13.1 Å². The number of nitrogens with zero attached hydrogens (tertiary/aromatic N) is 2. The molecule has 3 rings (SSSR count). The van der Waals surface area contributed by atoms with Gasteiger partial charge in [-0.2, -0.15) is 0 Å². The topological polar surface area (TPSA) is 62.3 Å². The summed E-state index contributed by atoms with van der Waals surface area (Å²) in [5.41, 5.74) is 2.36. The minimum Gasteiger partial charge on any atom is -0.297 e. The van der Waals surface area contributed by atoms with Crippen LogP contribution in [0.4, 0.5) is 0 Å². The molecule has 5 nitrogen and oxygen atoms in total. The van der Waals surface area contributed by atoms with Crippen molar-refractivity contribution in [3.63, 3.8) is 0 Å². The Balaban J connectivity index is 1.45. The largest absolute Gasteiger partial charge is 0.297 e. The Morgan fingerprint density at radius 3 is 2.77 bits per heavy atom. The fraction of sp³-hybridized carbons (Fsp3) is 0.688. The van der Waals surface area contributed by atoms with Crippen molar-refractivity contribution in [1.82, 2.24) is 14.6 Å². The standard InChI is InChI=1S/C16H25N3O2S/c1-2-13-3-4-15(17-9-13)12-19-8-7-14(11-19)10-18-22(20,21)16-5-6-16/h3-4,9,14,16,18H,2,5-8,10-12H2,1H3/t14-/m0/s1. The summed E-state index contributed by atoms with van der Waals surface area (Å²) in [6.45, 7) is 5.54. The van der Waals surface area contributed by atoms with Crippen molar-refractivity contribution in [3.05, 3.63) is 29.6 Å². The van der Waals surface area contributed by atoms with Crippen LogP contribution >= 0.6 is 0 Å². The quantitative estimate of drug-likeness (QED) is 0.827. The summed E-state index contributed by atoms with van der Waals surface area (Å²) >= 11 is 0. The third-order valence-corrected chi connectivity index (χ3v) is 6.50. The van der Waals surface area contributed by atoms with Crippen molar-refractivity contribution in [2.24, 2.45) is 5.92 Å². The number of hydrogen-bond donors (Lipinski definition) is 1. The Bertz CT molecular complexity index is 596. The first kappa shape index (κ1) is 15.9. The molecule has 0 radical (unpaired) electrons. The molecular weight excluding hydrogens is 298 g/mol. The minimum absolute atomic E-state index is 0.119. The van der Waals surface area contributed by atoms with Crippen molar-refractivity contribution >= 4 is 10.0 Å². The molecule has 0 bridgehead atoms. The van der Waals surface area contributed by atoms with Crippen LogP contribution in [0.1, 0.15) is 37.4 Å². The second kappa shape index (κ2) is 6.64. The van der Waals surface area contributed by atoms with Crippen LogP contribution in [0.15, 0.2) is 18.3 Å². The Labute approximate surface area is 133 Å². The first-order chi connectivity index (χ1) is 10.6. The molecule has 2 aliphatic rings. The van der Waals surface area contributed by atoms with Gasteiger partial charge >= 0.3 is 0 Å². The predicted molar refractivity (Wildman–Crippen MR) is 86.9 cm³/mol. The normalized spacial score (nSPS) is 23.0. The smallest absolute Gasteiger partial charge is 0.214 e. The molecular formula is C16H25N3O2S. The molecule has 0 spiro atoms. The van der Waals surface area contributed by atoms with E-state index < -0.39 is 10.0 Å². The van der Waals surface area contributed by atoms with E-state index in [1.165, 1.54) is 5.56 Å². The van der Waals surface area contributed by atoms with E-state index in [-0.39, 0.29) is 5.25 Å². The number of aromatic nitrogens is 1. The second-order valence-corrected chi connectivity index (χ2v) is 8.54. The van der Waals surface area contributed by atoms with Crippen LogP contribution in [0.2, 0.25) is 0 Å². The average molecular weight is 323 g/mol. The summed E-state index contributed by atoms with van der Waals surface area (Å²) in [6, 6.07) is 4.24. The maximum absolute atomic E-state index is 11.8. The number of pyridine rings is 1. The molecule has 1 atom stereocenters. The maximum atomic E-state index is 11.8. The van der Waals surface area contributed by atoms with Crippen LogP contribution in [-0.2, 0) is 23.0 Å². The fourth-order valence-electron chi connectivity index (χ4n) is 2.94. The van der Waals surface area contributed by atoms with Gasteiger partial charge in [0.1, 0.15) is 0 Å². The monoisotopic (exact) mass is 323 g/mol. The lowest BCUT2D eigenvalue weighted by Gasteiger charge is -2.16. The first-order valence-corrected chi connectivity index (χ1v) is 9.76. The second-order valence-electron chi connectivity index (χ2n) is 6.49. The van der Waals surface area contributed by atoms with E-state index in [1.54, 1.807) is 0 Å². The molecule has 1 saturated carbocycles. The summed E-state index contributed by atoms with van der Waals surface area (Å²) < 4.78 is 26.5. The Hall–Kier alpha value is -0.980. The van der Waals surface area contributed by atoms with Crippen molar-refractivity contribution in [3.8, 4) is 0 Å². The number of aryl methyl sites for hydroxylation is 1. The van der Waals surface area contributed by atoms with Gasteiger partial charge in [0.2, 0.25) is 10.0 Å². The lowest BCUT2D eigenvalue weighted by Crippen LogP contribution is -2.33. The number of likely N-dealkylation sites (tertiary alicyclic amines) is 1. The molecule has 0 unspecified atom stereocenters. The van der Waals surface area contributed by atoms with E-state index >= 15 is 0 Å². The van der Waals surface area contributed by atoms with Gasteiger partial charge in [-0.3, -0.25) is 9.88 Å². The third-order valence-electron chi connectivity index (χ3n) is 4.59. The van der Waals surface area contributed by atoms with Crippen molar-refractivity contribution in [2.75, 3.05) is 19.6 Å². The first-order valence-electron chi connectivity index (χ1n) is 8.21. The van der Waals surface area contributed by atoms with Gasteiger partial charge in [0.15, 0.2) is 0 Å². The summed E-state index contributed by atoms with van der Waals surface area (Å²) in [4.78, 5) is 6.87. The molecule has 22 heavy (non-hydrogen) atoms. The number of sulfonamides is 1. The van der Waals surface area contributed by atoms with E-state index in [1.807, 2.05) is 6.20 Å². The summed E-state index contributed by atoms with van der Waals surface area (Å²) in [5.74, 6) is 0.420. The predicted octanol–water partition coefficient (Wildman–Crippen LogP) is 1.55. The highest BCUT2D eigenvalue weighted by molar-refractivity contribution is 7.90. The Kier molecular flexibility index (Phi) is 4.80. The third kappa shape index (κ3) is 4.06. The van der Waals surface area contributed by atoms with E-state index in [9.17, 15) is 8.42 Å². The van der Waals surface area contributed by atoms with Gasteiger partial charge in [0.05, 0.1) is 10.9 Å². The molecule has 122 valence electrons. The van der Waals surface area contributed by atoms with E-state index in [4.69, 9.17) is 0 Å². The molecule has 1 aromatic rings. The molecule has 1 aliphatic carbocycles. The molecule has 6 heteroatoms. The fourth-order valence-corrected chi connectivity index (χ4v) is 4.40. The highest BCUT2D eigenvalue weighted by atomic mass is 32.2. The summed E-state index contributed by atoms with van der Waals surface area (Å²) in [6.07, 6.45) is 5.67. The number of nitrogens with one attached hydrogen (secondary N) is 1. The average Bonchev–Trinajstić information content (AvgIpc) is 3.29. The van der Waals surface area contributed by atoms with Crippen LogP contribution in [0.25, 0.3) is 0 Å². The van der Waals surface area contributed by atoms with Gasteiger partial charge in [-0.1, -0.05) is 13.0 Å². The molecule has 2 heterocycles. The van der Waals surface area contributed by atoms with Crippen molar-refractivity contribution in [1.29, 1.82) is 0 Å². The molecule has 1 N–H and O–H groups in total. The van der Waals surface area contributed by atoms with Gasteiger partial charge in [-0.05, 0) is 49.8 Å². The summed E-state index contributed by atoms with van der Waals surface area (Å²) in [5, 5.41) is -0.119. The van der Waals surface area contributed by atoms with Gasteiger partial charge in [-0.15, -0.1) is 0 Å². The van der Waals surface area contributed by atoms with Crippen LogP contribution in [0.5, 0.6) is 0 Å². The van der Waals surface area contributed by atoms with Crippen molar-refractivity contribution in [2.45, 2.75) is 44.4 Å². The molecule has 0 amide bonds. The van der Waals surface area contributed by atoms with E-state index in [0.717, 1.165) is 51.0 Å². The lowest BCUT2D eigenvalue weighted by atomic mass is 10.1. The molecule has 2 fully saturated rings. The molecule has 1 saturated heterocycles. The van der Waals surface area contributed by atoms with Crippen molar-refractivity contribution < 1.29 is 8.42 Å². The maximum Gasteiger partial charge on any atom is 0.214 e. The van der Waals surface area contributed by atoms with Crippen LogP contribution in [-0.4, -0.2) is 43.2 Å². The molecule has 1 aromatic heterocycles. The van der Waals surface area contributed by atoms with Gasteiger partial charge in [0.25, 0.3) is 0 Å². The Morgan fingerprint density at radius 1 is 1.32 bits per heavy atom. The molecule has 1 aliphatic heterocycles. The Morgan fingerprint density at radius 2 is 2.14 bits per heavy atom. The van der Waals surface area contributed by atoms with Crippen LogP contribution < -0.4 is 4.72 Å².